The van der Waals surface area contributed by atoms with E-state index in [4.69, 9.17) is 0 Å². The van der Waals surface area contributed by atoms with Crippen molar-refractivity contribution in [2.45, 2.75) is 35.8 Å². The molecule has 0 unspecified atom stereocenters. The van der Waals surface area contributed by atoms with Crippen LogP contribution in [0.25, 0.3) is 0 Å². The third kappa shape index (κ3) is 3.56. The summed E-state index contributed by atoms with van der Waals surface area (Å²) in [7, 11) is -3.80. The van der Waals surface area contributed by atoms with Crippen LogP contribution in [0.5, 0.6) is 0 Å². The Morgan fingerprint density at radius 3 is 2.30 bits per heavy atom. The van der Waals surface area contributed by atoms with Crippen molar-refractivity contribution in [2.75, 3.05) is 29.9 Å². The summed E-state index contributed by atoms with van der Waals surface area (Å²) < 4.78 is 25.1. The van der Waals surface area contributed by atoms with Gasteiger partial charge in [-0.3, -0.25) is 9.59 Å². The number of amides is 2. The Labute approximate surface area is 176 Å². The molecule has 30 heavy (non-hydrogen) atoms. The summed E-state index contributed by atoms with van der Waals surface area (Å²) >= 11 is 0. The first-order valence-electron chi connectivity index (χ1n) is 10.1. The average Bonchev–Trinajstić information content (AvgIpc) is 2.68. The Hall–Kier alpha value is -2.87. The Bertz CT molecular complexity index is 1060. The van der Waals surface area contributed by atoms with Crippen LogP contribution in [0.2, 0.25) is 0 Å². The van der Waals surface area contributed by atoms with Gasteiger partial charge < -0.3 is 15.5 Å². The van der Waals surface area contributed by atoms with Crippen molar-refractivity contribution in [3.05, 3.63) is 54.1 Å². The van der Waals surface area contributed by atoms with Crippen molar-refractivity contribution in [2.24, 2.45) is 0 Å². The van der Waals surface area contributed by atoms with Gasteiger partial charge in [-0.25, -0.2) is 8.42 Å². The van der Waals surface area contributed by atoms with Crippen molar-refractivity contribution in [1.82, 2.24) is 5.32 Å². The van der Waals surface area contributed by atoms with Crippen LogP contribution in [0.1, 0.15) is 24.8 Å². The van der Waals surface area contributed by atoms with Crippen LogP contribution in [0.4, 0.5) is 11.4 Å². The summed E-state index contributed by atoms with van der Waals surface area (Å²) in [6.45, 7) is 3.50. The van der Waals surface area contributed by atoms with Gasteiger partial charge in [0.25, 0.3) is 0 Å². The minimum absolute atomic E-state index is 0.0214. The Morgan fingerprint density at radius 2 is 1.73 bits per heavy atom. The predicted octanol–water partition coefficient (Wildman–Crippen LogP) is 2.27. The maximum atomic E-state index is 13.3. The summed E-state index contributed by atoms with van der Waals surface area (Å²) in [5.41, 5.74) is 2.39. The number of anilines is 2. The van der Waals surface area contributed by atoms with Crippen molar-refractivity contribution in [3.63, 3.8) is 0 Å². The summed E-state index contributed by atoms with van der Waals surface area (Å²) in [4.78, 5) is 26.8. The molecule has 0 radical (unpaired) electrons. The lowest BCUT2D eigenvalue weighted by molar-refractivity contribution is -0.121. The molecule has 2 aromatic carbocycles. The number of sulfone groups is 1. The minimum atomic E-state index is -3.80. The number of carbonyl (C=O) groups excluding carboxylic acids is 2. The number of nitrogens with one attached hydrogen (secondary N) is 2. The standard InChI is InChI=1S/C22H25N3O4S/c1-16-3-9-19(10-4-16)30(28,29)22(11-2-12-22)21(27)24-17-5-7-18(8-6-17)25-14-13-23-20(26)15-25/h3-10H,2,11-15H2,1H3,(H,23,26)(H,24,27). The summed E-state index contributed by atoms with van der Waals surface area (Å²) in [6.07, 6.45) is 1.33. The second-order valence-corrected chi connectivity index (χ2v) is 10.2. The molecule has 158 valence electrons. The van der Waals surface area contributed by atoms with Crippen molar-refractivity contribution in [1.29, 1.82) is 0 Å². The zero-order valence-corrected chi connectivity index (χ0v) is 17.7. The number of aryl methyl sites for hydroxylation is 1. The highest BCUT2D eigenvalue weighted by Crippen LogP contribution is 2.43. The lowest BCUT2D eigenvalue weighted by Crippen LogP contribution is -2.54. The predicted molar refractivity (Wildman–Crippen MR) is 115 cm³/mol. The number of carbonyl (C=O) groups is 2. The quantitative estimate of drug-likeness (QED) is 0.763. The molecule has 0 spiro atoms. The van der Waals surface area contributed by atoms with Gasteiger partial charge in [-0.15, -0.1) is 0 Å². The molecule has 4 rings (SSSR count). The molecule has 1 saturated carbocycles. The third-order valence-corrected chi connectivity index (χ3v) is 8.46. The molecule has 2 fully saturated rings. The van der Waals surface area contributed by atoms with Gasteiger partial charge >= 0.3 is 0 Å². The highest BCUT2D eigenvalue weighted by Gasteiger charge is 2.55. The van der Waals surface area contributed by atoms with E-state index >= 15 is 0 Å². The zero-order valence-electron chi connectivity index (χ0n) is 16.8. The van der Waals surface area contributed by atoms with E-state index < -0.39 is 20.5 Å². The van der Waals surface area contributed by atoms with E-state index in [2.05, 4.69) is 10.6 Å². The number of piperazine rings is 1. The maximum Gasteiger partial charge on any atom is 0.246 e. The summed E-state index contributed by atoms with van der Waals surface area (Å²) in [6, 6.07) is 13.8. The van der Waals surface area contributed by atoms with Gasteiger partial charge in [0.2, 0.25) is 11.8 Å². The number of benzene rings is 2. The fraction of sp³-hybridized carbons (Fsp3) is 0.364. The van der Waals surface area contributed by atoms with Crippen LogP contribution in [0, 0.1) is 6.92 Å². The average molecular weight is 428 g/mol. The van der Waals surface area contributed by atoms with Crippen molar-refractivity contribution in [3.8, 4) is 0 Å². The fourth-order valence-corrected chi connectivity index (χ4v) is 5.99. The smallest absolute Gasteiger partial charge is 0.246 e. The monoisotopic (exact) mass is 427 g/mol. The van der Waals surface area contributed by atoms with E-state index in [9.17, 15) is 18.0 Å². The largest absolute Gasteiger partial charge is 0.360 e. The Kier molecular flexibility index (Phi) is 5.27. The topological polar surface area (TPSA) is 95.6 Å². The van der Waals surface area contributed by atoms with E-state index in [1.54, 1.807) is 36.4 Å². The highest BCUT2D eigenvalue weighted by atomic mass is 32.2. The number of hydrogen-bond donors (Lipinski definition) is 2. The van der Waals surface area contributed by atoms with E-state index in [0.717, 1.165) is 17.8 Å². The Balaban J connectivity index is 1.52. The van der Waals surface area contributed by atoms with Crippen LogP contribution in [-0.4, -0.2) is 44.6 Å². The zero-order chi connectivity index (χ0) is 21.4. The molecule has 2 aliphatic rings. The van der Waals surface area contributed by atoms with E-state index in [1.165, 1.54) is 0 Å². The van der Waals surface area contributed by atoms with Crippen LogP contribution >= 0.6 is 0 Å². The first-order valence-corrected chi connectivity index (χ1v) is 11.5. The molecule has 8 heteroatoms. The Morgan fingerprint density at radius 1 is 1.07 bits per heavy atom. The second kappa shape index (κ2) is 7.75. The SMILES string of the molecule is Cc1ccc(S(=O)(=O)C2(C(=O)Nc3ccc(N4CCNC(=O)C4)cc3)CCC2)cc1. The van der Waals surface area contributed by atoms with Crippen molar-refractivity contribution >= 4 is 33.0 Å². The molecule has 1 saturated heterocycles. The molecule has 1 heterocycles. The van der Waals surface area contributed by atoms with E-state index in [-0.39, 0.29) is 10.8 Å². The first-order chi connectivity index (χ1) is 14.3. The van der Waals surface area contributed by atoms with Crippen LogP contribution < -0.4 is 15.5 Å². The summed E-state index contributed by atoms with van der Waals surface area (Å²) in [5, 5.41) is 5.58. The molecule has 7 nitrogen and oxygen atoms in total. The molecular formula is C22H25N3O4S. The minimum Gasteiger partial charge on any atom is -0.360 e. The lowest BCUT2D eigenvalue weighted by atomic mass is 9.83. The number of rotatable bonds is 5. The lowest BCUT2D eigenvalue weighted by Gasteiger charge is -2.39. The maximum absolute atomic E-state index is 13.3. The van der Waals surface area contributed by atoms with Crippen molar-refractivity contribution < 1.29 is 18.0 Å². The van der Waals surface area contributed by atoms with Gasteiger partial charge in [0, 0.05) is 24.5 Å². The van der Waals surface area contributed by atoms with Gasteiger partial charge in [0.15, 0.2) is 14.6 Å². The summed E-state index contributed by atoms with van der Waals surface area (Å²) in [5.74, 6) is -0.508. The van der Waals surface area contributed by atoms with Gasteiger partial charge in [-0.1, -0.05) is 17.7 Å². The third-order valence-electron chi connectivity index (χ3n) is 5.95. The van der Waals surface area contributed by atoms with Gasteiger partial charge in [0.05, 0.1) is 11.4 Å². The molecule has 0 atom stereocenters. The number of hydrogen-bond acceptors (Lipinski definition) is 5. The molecule has 1 aliphatic heterocycles. The highest BCUT2D eigenvalue weighted by molar-refractivity contribution is 7.93. The van der Waals surface area contributed by atoms with Gasteiger partial charge in [-0.2, -0.15) is 0 Å². The normalized spacial score (nSPS) is 18.3. The van der Waals surface area contributed by atoms with Gasteiger partial charge in [-0.05, 0) is 62.6 Å². The second-order valence-electron chi connectivity index (χ2n) is 7.94. The van der Waals surface area contributed by atoms with Crippen LogP contribution in [0.3, 0.4) is 0 Å². The van der Waals surface area contributed by atoms with E-state index in [0.29, 0.717) is 38.0 Å². The number of nitrogens with zero attached hydrogens (tertiary/aromatic N) is 1. The van der Waals surface area contributed by atoms with E-state index in [1.807, 2.05) is 24.0 Å². The molecule has 2 N–H and O–H groups in total. The molecule has 0 bridgehead atoms. The van der Waals surface area contributed by atoms with Gasteiger partial charge in [0.1, 0.15) is 0 Å². The molecular weight excluding hydrogens is 402 g/mol. The molecule has 1 aliphatic carbocycles. The molecule has 0 aromatic heterocycles. The first kappa shape index (κ1) is 20.4. The van der Waals surface area contributed by atoms with Crippen LogP contribution in [0.15, 0.2) is 53.4 Å². The molecule has 2 aromatic rings. The fourth-order valence-electron chi connectivity index (χ4n) is 3.92. The molecule has 2 amide bonds. The van der Waals surface area contributed by atoms with Crippen LogP contribution in [-0.2, 0) is 19.4 Å².